The first kappa shape index (κ1) is 8.47. The quantitative estimate of drug-likeness (QED) is 0.634. The van der Waals surface area contributed by atoms with E-state index in [1.165, 1.54) is 5.56 Å². The van der Waals surface area contributed by atoms with E-state index in [-0.39, 0.29) is 5.78 Å². The first-order valence-electron chi connectivity index (χ1n) is 3.88. The van der Waals surface area contributed by atoms with Crippen molar-refractivity contribution < 1.29 is 4.79 Å². The number of rotatable bonds is 3. The van der Waals surface area contributed by atoms with Crippen LogP contribution in [0.2, 0.25) is 0 Å². The molecule has 0 saturated carbocycles. The molecule has 0 aliphatic carbocycles. The zero-order valence-corrected chi connectivity index (χ0v) is 7.70. The molecule has 1 rings (SSSR count). The van der Waals surface area contributed by atoms with Gasteiger partial charge in [-0.15, -0.1) is 11.3 Å². The Morgan fingerprint density at radius 2 is 2.27 bits per heavy atom. The lowest BCUT2D eigenvalue weighted by Gasteiger charge is -1.88. The summed E-state index contributed by atoms with van der Waals surface area (Å²) in [5, 5.41) is 2.06. The normalized spacial score (nSPS) is 10.0. The Balaban J connectivity index is 2.80. The summed E-state index contributed by atoms with van der Waals surface area (Å²) in [6.07, 6.45) is 1.64. The Hall–Kier alpha value is -0.630. The van der Waals surface area contributed by atoms with Crippen molar-refractivity contribution in [1.82, 2.24) is 0 Å². The SMILES string of the molecule is CCC(=O)c1cc(CC)cs1. The van der Waals surface area contributed by atoms with Gasteiger partial charge >= 0.3 is 0 Å². The second-order valence-electron chi connectivity index (χ2n) is 2.45. The number of aryl methyl sites for hydroxylation is 1. The molecule has 0 atom stereocenters. The van der Waals surface area contributed by atoms with Crippen molar-refractivity contribution in [3.05, 3.63) is 21.9 Å². The molecule has 0 aliphatic rings. The van der Waals surface area contributed by atoms with Gasteiger partial charge in [0, 0.05) is 6.42 Å². The maximum Gasteiger partial charge on any atom is 0.172 e. The van der Waals surface area contributed by atoms with E-state index in [9.17, 15) is 4.79 Å². The van der Waals surface area contributed by atoms with Gasteiger partial charge in [0.2, 0.25) is 0 Å². The first-order valence-corrected chi connectivity index (χ1v) is 4.76. The minimum atomic E-state index is 0.259. The maximum absolute atomic E-state index is 11.2. The van der Waals surface area contributed by atoms with Crippen LogP contribution in [0.25, 0.3) is 0 Å². The van der Waals surface area contributed by atoms with E-state index in [0.717, 1.165) is 11.3 Å². The summed E-state index contributed by atoms with van der Waals surface area (Å²) in [5.41, 5.74) is 1.27. The molecule has 1 aromatic heterocycles. The van der Waals surface area contributed by atoms with Crippen LogP contribution in [0.3, 0.4) is 0 Å². The molecule has 60 valence electrons. The van der Waals surface area contributed by atoms with Crippen LogP contribution in [-0.4, -0.2) is 5.78 Å². The van der Waals surface area contributed by atoms with Gasteiger partial charge in [-0.05, 0) is 23.4 Å². The molecule has 0 fully saturated rings. The van der Waals surface area contributed by atoms with Crippen molar-refractivity contribution in [3.63, 3.8) is 0 Å². The van der Waals surface area contributed by atoms with E-state index < -0.39 is 0 Å². The van der Waals surface area contributed by atoms with E-state index in [1.807, 2.05) is 13.0 Å². The van der Waals surface area contributed by atoms with Crippen LogP contribution in [-0.2, 0) is 6.42 Å². The third-order valence-electron chi connectivity index (χ3n) is 1.66. The Bertz CT molecular complexity index is 250. The van der Waals surface area contributed by atoms with E-state index in [1.54, 1.807) is 11.3 Å². The lowest BCUT2D eigenvalue weighted by molar-refractivity contribution is 0.0992. The van der Waals surface area contributed by atoms with Gasteiger partial charge in [-0.3, -0.25) is 4.79 Å². The van der Waals surface area contributed by atoms with Crippen LogP contribution in [0, 0.1) is 0 Å². The average Bonchev–Trinajstić information content (AvgIpc) is 2.50. The number of carbonyl (C=O) groups is 1. The third kappa shape index (κ3) is 1.90. The van der Waals surface area contributed by atoms with Gasteiger partial charge in [0.05, 0.1) is 4.88 Å². The molecule has 0 N–H and O–H groups in total. The molecule has 1 nitrogen and oxygen atoms in total. The topological polar surface area (TPSA) is 17.1 Å². The molecule has 2 heteroatoms. The summed E-state index contributed by atoms with van der Waals surface area (Å²) < 4.78 is 0. The van der Waals surface area contributed by atoms with Gasteiger partial charge in [0.25, 0.3) is 0 Å². The summed E-state index contributed by atoms with van der Waals surface area (Å²) >= 11 is 1.56. The van der Waals surface area contributed by atoms with E-state index >= 15 is 0 Å². The highest BCUT2D eigenvalue weighted by atomic mass is 32.1. The van der Waals surface area contributed by atoms with Crippen LogP contribution in [0.4, 0.5) is 0 Å². The average molecular weight is 168 g/mol. The standard InChI is InChI=1S/C9H12OS/c1-3-7-5-9(11-6-7)8(10)4-2/h5-6H,3-4H2,1-2H3. The van der Waals surface area contributed by atoms with Gasteiger partial charge in [-0.25, -0.2) is 0 Å². The van der Waals surface area contributed by atoms with Crippen molar-refractivity contribution in [2.45, 2.75) is 26.7 Å². The number of hydrogen-bond acceptors (Lipinski definition) is 2. The van der Waals surface area contributed by atoms with Crippen LogP contribution < -0.4 is 0 Å². The number of Topliss-reactive ketones (excluding diaryl/α,β-unsaturated/α-hetero) is 1. The molecule has 0 unspecified atom stereocenters. The monoisotopic (exact) mass is 168 g/mol. The number of carbonyl (C=O) groups excluding carboxylic acids is 1. The van der Waals surface area contributed by atoms with Crippen LogP contribution >= 0.6 is 11.3 Å². The summed E-state index contributed by atoms with van der Waals surface area (Å²) in [4.78, 5) is 12.1. The van der Waals surface area contributed by atoms with Gasteiger partial charge in [-0.1, -0.05) is 13.8 Å². The largest absolute Gasteiger partial charge is 0.293 e. The number of thiophene rings is 1. The van der Waals surface area contributed by atoms with Crippen LogP contribution in [0.15, 0.2) is 11.4 Å². The molecule has 0 aliphatic heterocycles. The molecular weight excluding hydrogens is 156 g/mol. The molecule has 0 amide bonds. The zero-order valence-electron chi connectivity index (χ0n) is 6.89. The van der Waals surface area contributed by atoms with Crippen LogP contribution in [0.1, 0.15) is 35.5 Å². The predicted molar refractivity (Wildman–Crippen MR) is 48.3 cm³/mol. The number of ketones is 1. The molecule has 0 radical (unpaired) electrons. The smallest absolute Gasteiger partial charge is 0.172 e. The van der Waals surface area contributed by atoms with Gasteiger partial charge in [0.1, 0.15) is 0 Å². The van der Waals surface area contributed by atoms with Crippen molar-refractivity contribution >= 4 is 17.1 Å². The van der Waals surface area contributed by atoms with Crippen molar-refractivity contribution in [2.75, 3.05) is 0 Å². The Morgan fingerprint density at radius 3 is 2.73 bits per heavy atom. The molecule has 11 heavy (non-hydrogen) atoms. The summed E-state index contributed by atoms with van der Waals surface area (Å²) in [5.74, 6) is 0.259. The molecular formula is C9H12OS. The molecule has 1 heterocycles. The minimum Gasteiger partial charge on any atom is -0.293 e. The second kappa shape index (κ2) is 3.67. The van der Waals surface area contributed by atoms with Crippen molar-refractivity contribution in [3.8, 4) is 0 Å². The second-order valence-corrected chi connectivity index (χ2v) is 3.36. The summed E-state index contributed by atoms with van der Waals surface area (Å²) in [7, 11) is 0. The zero-order chi connectivity index (χ0) is 8.27. The van der Waals surface area contributed by atoms with Gasteiger partial charge in [-0.2, -0.15) is 0 Å². The third-order valence-corrected chi connectivity index (χ3v) is 2.68. The maximum atomic E-state index is 11.2. The Morgan fingerprint density at radius 1 is 1.55 bits per heavy atom. The van der Waals surface area contributed by atoms with E-state index in [2.05, 4.69) is 12.3 Å². The fourth-order valence-electron chi connectivity index (χ4n) is 0.881. The van der Waals surface area contributed by atoms with Crippen LogP contribution in [0.5, 0.6) is 0 Å². The lowest BCUT2D eigenvalue weighted by Crippen LogP contribution is -1.91. The highest BCUT2D eigenvalue weighted by molar-refractivity contribution is 7.12. The van der Waals surface area contributed by atoms with Gasteiger partial charge < -0.3 is 0 Å². The van der Waals surface area contributed by atoms with Crippen molar-refractivity contribution in [2.24, 2.45) is 0 Å². The molecule has 1 aromatic rings. The lowest BCUT2D eigenvalue weighted by atomic mass is 10.2. The highest BCUT2D eigenvalue weighted by Crippen LogP contribution is 2.16. The Labute approximate surface area is 71.1 Å². The molecule has 0 spiro atoms. The van der Waals surface area contributed by atoms with Gasteiger partial charge in [0.15, 0.2) is 5.78 Å². The number of hydrogen-bond donors (Lipinski definition) is 0. The van der Waals surface area contributed by atoms with E-state index in [0.29, 0.717) is 6.42 Å². The predicted octanol–water partition coefficient (Wildman–Crippen LogP) is 2.90. The summed E-state index contributed by atoms with van der Waals surface area (Å²) in [6, 6.07) is 2.00. The fraction of sp³-hybridized carbons (Fsp3) is 0.444. The first-order chi connectivity index (χ1) is 5.27. The minimum absolute atomic E-state index is 0.259. The van der Waals surface area contributed by atoms with E-state index in [4.69, 9.17) is 0 Å². The Kier molecular flexibility index (Phi) is 2.83. The molecule has 0 aromatic carbocycles. The molecule has 0 saturated heterocycles. The fourth-order valence-corrected chi connectivity index (χ4v) is 1.89. The molecule has 0 bridgehead atoms. The highest BCUT2D eigenvalue weighted by Gasteiger charge is 2.04. The summed E-state index contributed by atoms with van der Waals surface area (Å²) in [6.45, 7) is 4.00. The van der Waals surface area contributed by atoms with Crippen molar-refractivity contribution in [1.29, 1.82) is 0 Å².